The molecule has 20 radical (unpaired) electrons. The maximum atomic E-state index is 3.71. The van der Waals surface area contributed by atoms with Gasteiger partial charge >= 0.3 is 0 Å². The second kappa shape index (κ2) is 29.1. The molecule has 5 aliphatic carbocycles. The van der Waals surface area contributed by atoms with Gasteiger partial charge in [-0.1, -0.05) is 241 Å². The summed E-state index contributed by atoms with van der Waals surface area (Å²) in [4.78, 5) is 0. The van der Waals surface area contributed by atoms with E-state index < -0.39 is 0 Å². The summed E-state index contributed by atoms with van der Waals surface area (Å²) in [5.41, 5.74) is 11.6. The summed E-state index contributed by atoms with van der Waals surface area (Å²) in [7, 11) is 0. The molecule has 5 aliphatic rings. The SMILES string of the molecule is C(#Cc1ccccc1)C(C#Cc1ccccc1)=C1[C]2[C]([C](c3ccccc3)[C]2c2ccccc2)C(=C(C#Cc2ccccc2)C#Cc2ccccc2)[C]2[C]1[C](c1ccccc1)[C]2c1ccccc1.[CH]1[CH][CH][CH][CH]1.[CH]1[CH][CH][CH][CH]1.[Co].[Co]. The summed E-state index contributed by atoms with van der Waals surface area (Å²) in [6.45, 7) is 0. The minimum absolute atomic E-state index is 0. The normalized spacial score (nSPS) is 15.9. The first-order valence-corrected chi connectivity index (χ1v) is 26.1. The van der Waals surface area contributed by atoms with E-state index in [9.17, 15) is 0 Å². The van der Waals surface area contributed by atoms with E-state index in [-0.39, 0.29) is 33.6 Å². The zero-order valence-electron chi connectivity index (χ0n) is 43.5. The van der Waals surface area contributed by atoms with Gasteiger partial charge in [-0.2, -0.15) is 0 Å². The molecule has 0 aromatic heterocycles. The molecule has 0 saturated heterocycles. The Morgan fingerprint density at radius 2 is 0.350 bits per heavy atom. The Kier molecular flexibility index (Phi) is 20.8. The van der Waals surface area contributed by atoms with Crippen LogP contribution in [0.3, 0.4) is 0 Å². The molecular weight excluding hydrogens is 1050 g/mol. The van der Waals surface area contributed by atoms with Crippen molar-refractivity contribution in [3.05, 3.63) is 421 Å². The summed E-state index contributed by atoms with van der Waals surface area (Å²) in [6.07, 6.45) is 20.0. The molecule has 0 bridgehead atoms. The Labute approximate surface area is 498 Å². The first kappa shape index (κ1) is 57.2. The van der Waals surface area contributed by atoms with Gasteiger partial charge in [-0.15, -0.1) is 0 Å². The second-order valence-corrected chi connectivity index (χ2v) is 18.4. The van der Waals surface area contributed by atoms with Crippen molar-refractivity contribution in [3.8, 4) is 47.4 Å². The second-order valence-electron chi connectivity index (χ2n) is 18.4. The quantitative estimate of drug-likeness (QED) is 0.154. The average molecular weight is 1110 g/mol. The molecule has 0 heterocycles. The molecule has 380 valence electrons. The van der Waals surface area contributed by atoms with Crippen LogP contribution in [0.2, 0.25) is 0 Å². The van der Waals surface area contributed by atoms with Gasteiger partial charge in [0, 0.05) is 103 Å². The van der Waals surface area contributed by atoms with Gasteiger partial charge in [0.1, 0.15) is 0 Å². The average Bonchev–Trinajstić information content (AvgIpc) is 4.43. The molecule has 0 unspecified atom stereocenters. The van der Waals surface area contributed by atoms with Crippen LogP contribution in [0.1, 0.15) is 44.5 Å². The number of fused-ring (bicyclic) bond motifs is 2. The fourth-order valence-corrected chi connectivity index (χ4v) is 9.78. The molecule has 8 aromatic rings. The Morgan fingerprint density at radius 1 is 0.188 bits per heavy atom. The third-order valence-corrected chi connectivity index (χ3v) is 13.3. The van der Waals surface area contributed by atoms with Crippen LogP contribution in [0.4, 0.5) is 0 Å². The fourth-order valence-electron chi connectivity index (χ4n) is 9.78. The van der Waals surface area contributed by atoms with Gasteiger partial charge in [0.25, 0.3) is 0 Å². The van der Waals surface area contributed by atoms with Crippen LogP contribution in [0.5, 0.6) is 0 Å². The van der Waals surface area contributed by atoms with Crippen molar-refractivity contribution < 1.29 is 33.6 Å². The van der Waals surface area contributed by atoms with Crippen LogP contribution in [0.25, 0.3) is 0 Å². The Morgan fingerprint density at radius 3 is 0.525 bits per heavy atom. The Balaban J connectivity index is 0.000000584. The van der Waals surface area contributed by atoms with Crippen LogP contribution >= 0.6 is 0 Å². The predicted molar refractivity (Wildman–Crippen MR) is 318 cm³/mol. The fraction of sp³-hybridized carbons (Fsp3) is 0. The monoisotopic (exact) mass is 1100 g/mol. The molecule has 0 atom stereocenters. The van der Waals surface area contributed by atoms with E-state index in [0.29, 0.717) is 0 Å². The van der Waals surface area contributed by atoms with Crippen LogP contribution in [-0.2, 0) is 33.6 Å². The van der Waals surface area contributed by atoms with Crippen molar-refractivity contribution in [2.45, 2.75) is 0 Å². The van der Waals surface area contributed by atoms with Gasteiger partial charge in [-0.25, -0.2) is 0 Å². The van der Waals surface area contributed by atoms with Gasteiger partial charge in [0.2, 0.25) is 0 Å². The zero-order chi connectivity index (χ0) is 52.6. The first-order chi connectivity index (χ1) is 38.8. The number of rotatable bonds is 4. The summed E-state index contributed by atoms with van der Waals surface area (Å²) < 4.78 is 0. The molecule has 5 saturated carbocycles. The molecule has 0 spiro atoms. The van der Waals surface area contributed by atoms with E-state index in [1.165, 1.54) is 0 Å². The number of benzene rings is 8. The number of hydrogen-bond donors (Lipinski definition) is 0. The van der Waals surface area contributed by atoms with Gasteiger partial charge in [0.05, 0.1) is 11.1 Å². The van der Waals surface area contributed by atoms with Crippen LogP contribution in [0.15, 0.2) is 265 Å². The largest absolute Gasteiger partial charge is 0.0756 e. The first-order valence-electron chi connectivity index (χ1n) is 26.1. The predicted octanol–water partition coefficient (Wildman–Crippen LogP) is 15.7. The molecule has 13 rings (SSSR count). The van der Waals surface area contributed by atoms with Gasteiger partial charge in [0.15, 0.2) is 0 Å². The van der Waals surface area contributed by atoms with Crippen molar-refractivity contribution >= 4 is 0 Å². The van der Waals surface area contributed by atoms with Gasteiger partial charge in [-0.05, 0) is 146 Å². The minimum Gasteiger partial charge on any atom is -0.0622 e. The van der Waals surface area contributed by atoms with E-state index in [0.717, 1.165) is 114 Å². The maximum absolute atomic E-state index is 3.71. The molecule has 2 heteroatoms. The molecule has 5 fully saturated rings. The smallest absolute Gasteiger partial charge is 0.0622 e. The van der Waals surface area contributed by atoms with Crippen molar-refractivity contribution in [3.63, 3.8) is 0 Å². The van der Waals surface area contributed by atoms with Crippen LogP contribution in [-0.4, -0.2) is 0 Å². The number of hydrogen-bond acceptors (Lipinski definition) is 0. The summed E-state index contributed by atoms with van der Waals surface area (Å²) in [5, 5.41) is 0. The van der Waals surface area contributed by atoms with Gasteiger partial charge < -0.3 is 0 Å². The van der Waals surface area contributed by atoms with E-state index in [2.05, 4.69) is 217 Å². The summed E-state index contributed by atoms with van der Waals surface area (Å²) in [5.74, 6) is 38.0. The van der Waals surface area contributed by atoms with Crippen LogP contribution in [0, 0.1) is 159 Å². The molecule has 0 N–H and O–H groups in total. The van der Waals surface area contributed by atoms with E-state index in [1.54, 1.807) is 0 Å². The zero-order valence-corrected chi connectivity index (χ0v) is 45.6. The molecular formula is C78H50Co2. The van der Waals surface area contributed by atoms with E-state index >= 15 is 0 Å². The Hall–Kier alpha value is -7.51. The molecule has 0 nitrogen and oxygen atoms in total. The van der Waals surface area contributed by atoms with Crippen molar-refractivity contribution in [1.82, 2.24) is 0 Å². The van der Waals surface area contributed by atoms with Crippen LogP contribution < -0.4 is 0 Å². The van der Waals surface area contributed by atoms with Crippen molar-refractivity contribution in [2.24, 2.45) is 0 Å². The molecule has 80 heavy (non-hydrogen) atoms. The summed E-state index contributed by atoms with van der Waals surface area (Å²) in [6, 6.07) is 83.8. The van der Waals surface area contributed by atoms with Gasteiger partial charge in [-0.3, -0.25) is 0 Å². The van der Waals surface area contributed by atoms with E-state index in [1.807, 2.05) is 137 Å². The third-order valence-electron chi connectivity index (χ3n) is 13.3. The molecule has 0 aliphatic heterocycles. The van der Waals surface area contributed by atoms with Crippen molar-refractivity contribution in [2.75, 3.05) is 0 Å². The molecule has 8 aromatic carbocycles. The summed E-state index contributed by atoms with van der Waals surface area (Å²) >= 11 is 0. The number of allylic oxidation sites excluding steroid dienone is 4. The third kappa shape index (κ3) is 13.6. The van der Waals surface area contributed by atoms with E-state index in [4.69, 9.17) is 0 Å². The van der Waals surface area contributed by atoms with Crippen molar-refractivity contribution in [1.29, 1.82) is 0 Å². The minimum atomic E-state index is 0. The topological polar surface area (TPSA) is 0 Å². The molecule has 0 amide bonds. The standard InChI is InChI=1S/C68H40.2C5H5.2Co/c1-9-25-49(26-10-1)41-45-57(46-42-50-27-11-2-12-28-50)63-65-59(53-33-17-5-18-34-53)61(55-37-21-7-22-38-55)67(65)64(58(47-43-51-29-13-3-14-30-51)48-44-52-31-15-4-16-32-52)68-62(56-39-23-8-24-40-56)60(66(63)68)54-35-19-6-20-36-54;2*1-2-4-5-3-1;;/h1-40H;2*1-5H;;. The Bertz CT molecular complexity index is 3050. The maximum Gasteiger partial charge on any atom is 0.0756 e.